The summed E-state index contributed by atoms with van der Waals surface area (Å²) >= 11 is 3.41. The molecule has 0 amide bonds. The first-order valence-corrected chi connectivity index (χ1v) is 5.15. The van der Waals surface area contributed by atoms with E-state index >= 15 is 0 Å². The molecular formula is C10H15BrN2. The summed E-state index contributed by atoms with van der Waals surface area (Å²) in [5, 5.41) is 0. The second kappa shape index (κ2) is 4.74. The molecule has 0 saturated carbocycles. The van der Waals surface area contributed by atoms with Crippen molar-refractivity contribution >= 4 is 15.9 Å². The van der Waals surface area contributed by atoms with Gasteiger partial charge in [-0.3, -0.25) is 0 Å². The van der Waals surface area contributed by atoms with E-state index in [0.717, 1.165) is 10.0 Å². The van der Waals surface area contributed by atoms with Gasteiger partial charge < -0.3 is 11.5 Å². The van der Waals surface area contributed by atoms with Gasteiger partial charge in [0.25, 0.3) is 0 Å². The molecule has 0 aliphatic rings. The summed E-state index contributed by atoms with van der Waals surface area (Å²) < 4.78 is 1.06. The van der Waals surface area contributed by atoms with Crippen LogP contribution in [0, 0.1) is 5.92 Å². The zero-order valence-electron chi connectivity index (χ0n) is 7.70. The predicted molar refractivity (Wildman–Crippen MR) is 59.3 cm³/mol. The summed E-state index contributed by atoms with van der Waals surface area (Å²) in [7, 11) is 0. The SMILES string of the molecule is CC(CN)C(N)c1cccc(Br)c1. The van der Waals surface area contributed by atoms with Crippen LogP contribution in [-0.4, -0.2) is 6.54 Å². The summed E-state index contributed by atoms with van der Waals surface area (Å²) in [5.74, 6) is 0.314. The van der Waals surface area contributed by atoms with Gasteiger partial charge in [0.2, 0.25) is 0 Å². The Morgan fingerprint density at radius 1 is 1.46 bits per heavy atom. The van der Waals surface area contributed by atoms with Crippen molar-refractivity contribution in [2.45, 2.75) is 13.0 Å². The molecule has 0 radical (unpaired) electrons. The van der Waals surface area contributed by atoms with E-state index in [4.69, 9.17) is 11.5 Å². The number of hydrogen-bond donors (Lipinski definition) is 2. The molecule has 0 fully saturated rings. The lowest BCUT2D eigenvalue weighted by Gasteiger charge is -2.18. The van der Waals surface area contributed by atoms with Crippen LogP contribution in [0.2, 0.25) is 0 Å². The zero-order chi connectivity index (χ0) is 9.84. The monoisotopic (exact) mass is 242 g/mol. The molecule has 0 bridgehead atoms. The molecule has 72 valence electrons. The van der Waals surface area contributed by atoms with E-state index in [0.29, 0.717) is 12.5 Å². The molecule has 2 atom stereocenters. The summed E-state index contributed by atoms with van der Waals surface area (Å²) in [4.78, 5) is 0. The molecule has 2 unspecified atom stereocenters. The third-order valence-electron chi connectivity index (χ3n) is 2.22. The Balaban J connectivity index is 2.82. The van der Waals surface area contributed by atoms with Gasteiger partial charge in [0.1, 0.15) is 0 Å². The Morgan fingerprint density at radius 2 is 2.15 bits per heavy atom. The maximum atomic E-state index is 6.02. The number of hydrogen-bond acceptors (Lipinski definition) is 2. The molecule has 0 aliphatic carbocycles. The van der Waals surface area contributed by atoms with Gasteiger partial charge in [-0.25, -0.2) is 0 Å². The molecule has 0 heterocycles. The number of benzene rings is 1. The van der Waals surface area contributed by atoms with E-state index in [-0.39, 0.29) is 6.04 Å². The second-order valence-electron chi connectivity index (χ2n) is 3.29. The van der Waals surface area contributed by atoms with Crippen LogP contribution in [0.5, 0.6) is 0 Å². The van der Waals surface area contributed by atoms with Gasteiger partial charge >= 0.3 is 0 Å². The minimum absolute atomic E-state index is 0.0301. The minimum Gasteiger partial charge on any atom is -0.330 e. The minimum atomic E-state index is 0.0301. The van der Waals surface area contributed by atoms with Gasteiger partial charge in [-0.1, -0.05) is 35.0 Å². The molecule has 4 N–H and O–H groups in total. The van der Waals surface area contributed by atoms with Crippen molar-refractivity contribution in [1.29, 1.82) is 0 Å². The Kier molecular flexibility index (Phi) is 3.90. The van der Waals surface area contributed by atoms with Crippen LogP contribution in [0.3, 0.4) is 0 Å². The predicted octanol–water partition coefficient (Wildman–Crippen LogP) is 2.04. The topological polar surface area (TPSA) is 52.0 Å². The van der Waals surface area contributed by atoms with Gasteiger partial charge in [0.15, 0.2) is 0 Å². The van der Waals surface area contributed by atoms with Gasteiger partial charge in [0, 0.05) is 10.5 Å². The van der Waals surface area contributed by atoms with Gasteiger partial charge in [-0.2, -0.15) is 0 Å². The van der Waals surface area contributed by atoms with Crippen LogP contribution < -0.4 is 11.5 Å². The summed E-state index contributed by atoms with van der Waals surface area (Å²) in [6.45, 7) is 2.68. The van der Waals surface area contributed by atoms with E-state index in [9.17, 15) is 0 Å². The first-order chi connectivity index (χ1) is 6.15. The van der Waals surface area contributed by atoms with Crippen molar-refractivity contribution in [1.82, 2.24) is 0 Å². The van der Waals surface area contributed by atoms with Crippen molar-refractivity contribution < 1.29 is 0 Å². The third-order valence-corrected chi connectivity index (χ3v) is 2.71. The normalized spacial score (nSPS) is 15.4. The molecule has 3 heteroatoms. The molecule has 1 aromatic carbocycles. The molecule has 1 aromatic rings. The average molecular weight is 243 g/mol. The van der Waals surface area contributed by atoms with E-state index in [1.807, 2.05) is 24.3 Å². The van der Waals surface area contributed by atoms with E-state index in [2.05, 4.69) is 22.9 Å². The van der Waals surface area contributed by atoms with Crippen LogP contribution >= 0.6 is 15.9 Å². The molecule has 2 nitrogen and oxygen atoms in total. The van der Waals surface area contributed by atoms with Crippen LogP contribution in [0.25, 0.3) is 0 Å². The number of halogens is 1. The first-order valence-electron chi connectivity index (χ1n) is 4.36. The second-order valence-corrected chi connectivity index (χ2v) is 4.21. The number of rotatable bonds is 3. The Hall–Kier alpha value is -0.380. The smallest absolute Gasteiger partial charge is 0.0333 e. The highest BCUT2D eigenvalue weighted by Gasteiger charge is 2.12. The van der Waals surface area contributed by atoms with Crippen molar-refractivity contribution in [3.63, 3.8) is 0 Å². The molecule has 1 rings (SSSR count). The quantitative estimate of drug-likeness (QED) is 0.853. The van der Waals surface area contributed by atoms with Crippen molar-refractivity contribution in [2.24, 2.45) is 17.4 Å². The van der Waals surface area contributed by atoms with Gasteiger partial charge in [0.05, 0.1) is 0 Å². The van der Waals surface area contributed by atoms with Crippen LogP contribution in [-0.2, 0) is 0 Å². The molecule has 0 saturated heterocycles. The van der Waals surface area contributed by atoms with E-state index < -0.39 is 0 Å². The lowest BCUT2D eigenvalue weighted by Crippen LogP contribution is -2.25. The first kappa shape index (κ1) is 10.7. The highest BCUT2D eigenvalue weighted by atomic mass is 79.9. The van der Waals surface area contributed by atoms with Crippen molar-refractivity contribution in [3.8, 4) is 0 Å². The fourth-order valence-corrected chi connectivity index (χ4v) is 1.61. The molecule has 0 aromatic heterocycles. The zero-order valence-corrected chi connectivity index (χ0v) is 9.29. The van der Waals surface area contributed by atoms with Crippen LogP contribution in [0.15, 0.2) is 28.7 Å². The largest absolute Gasteiger partial charge is 0.330 e. The highest BCUT2D eigenvalue weighted by Crippen LogP contribution is 2.21. The Labute approximate surface area is 87.4 Å². The summed E-state index contributed by atoms with van der Waals surface area (Å²) in [6, 6.07) is 8.08. The maximum absolute atomic E-state index is 6.02. The van der Waals surface area contributed by atoms with Crippen molar-refractivity contribution in [2.75, 3.05) is 6.54 Å². The third kappa shape index (κ3) is 2.79. The Bertz CT molecular complexity index is 275. The summed E-state index contributed by atoms with van der Waals surface area (Å²) in [5.41, 5.74) is 12.7. The molecule has 0 aliphatic heterocycles. The summed E-state index contributed by atoms with van der Waals surface area (Å²) in [6.07, 6.45) is 0. The average Bonchev–Trinajstić information content (AvgIpc) is 2.15. The molecule has 13 heavy (non-hydrogen) atoms. The fourth-order valence-electron chi connectivity index (χ4n) is 1.19. The standard InChI is InChI=1S/C10H15BrN2/c1-7(6-12)10(13)8-3-2-4-9(11)5-8/h2-5,7,10H,6,12-13H2,1H3. The Morgan fingerprint density at radius 3 is 2.69 bits per heavy atom. The molecular weight excluding hydrogens is 228 g/mol. The number of nitrogens with two attached hydrogens (primary N) is 2. The highest BCUT2D eigenvalue weighted by molar-refractivity contribution is 9.10. The molecule has 0 spiro atoms. The maximum Gasteiger partial charge on any atom is 0.0333 e. The van der Waals surface area contributed by atoms with Crippen molar-refractivity contribution in [3.05, 3.63) is 34.3 Å². The van der Waals surface area contributed by atoms with Crippen LogP contribution in [0.4, 0.5) is 0 Å². The van der Waals surface area contributed by atoms with E-state index in [1.54, 1.807) is 0 Å². The fraction of sp³-hybridized carbons (Fsp3) is 0.400. The van der Waals surface area contributed by atoms with Gasteiger partial charge in [-0.05, 0) is 30.2 Å². The van der Waals surface area contributed by atoms with Crippen LogP contribution in [0.1, 0.15) is 18.5 Å². The van der Waals surface area contributed by atoms with Gasteiger partial charge in [-0.15, -0.1) is 0 Å². The van der Waals surface area contributed by atoms with E-state index in [1.165, 1.54) is 0 Å². The lowest BCUT2D eigenvalue weighted by molar-refractivity contribution is 0.481. The lowest BCUT2D eigenvalue weighted by atomic mass is 9.96.